The van der Waals surface area contributed by atoms with Crippen LogP contribution in [0, 0.1) is 13.8 Å². The number of anilines is 3. The van der Waals surface area contributed by atoms with Gasteiger partial charge in [0.2, 0.25) is 0 Å². The third-order valence-electron chi connectivity index (χ3n) is 4.04. The Bertz CT molecular complexity index is 1000. The zero-order valence-corrected chi connectivity index (χ0v) is 15.1. The van der Waals surface area contributed by atoms with Crippen molar-refractivity contribution in [3.05, 3.63) is 77.2 Å². The highest BCUT2D eigenvalue weighted by Gasteiger charge is 2.33. The van der Waals surface area contributed by atoms with Crippen LogP contribution in [0.25, 0.3) is 0 Å². The Kier molecular flexibility index (Phi) is 5.30. The zero-order chi connectivity index (χ0) is 20.3. The van der Waals surface area contributed by atoms with E-state index in [9.17, 15) is 18.0 Å². The maximum atomic E-state index is 12.7. The lowest BCUT2D eigenvalue weighted by molar-refractivity contribution is -0.141. The van der Waals surface area contributed by atoms with Crippen molar-refractivity contribution in [3.63, 3.8) is 0 Å². The predicted octanol–water partition coefficient (Wildman–Crippen LogP) is 5.11. The Balaban J connectivity index is 1.80. The van der Waals surface area contributed by atoms with Gasteiger partial charge in [0, 0.05) is 17.6 Å². The lowest BCUT2D eigenvalue weighted by atomic mass is 10.1. The van der Waals surface area contributed by atoms with Crippen molar-refractivity contribution >= 4 is 23.1 Å². The van der Waals surface area contributed by atoms with E-state index in [1.807, 2.05) is 25.1 Å². The summed E-state index contributed by atoms with van der Waals surface area (Å²) in [5.41, 5.74) is 1.24. The SMILES string of the molecule is Cc1ccc(NC(=O)c2ccc(C(F)(F)F)nc2C)cc1Nc1ccccn1. The molecule has 0 atom stereocenters. The summed E-state index contributed by atoms with van der Waals surface area (Å²) in [4.78, 5) is 20.2. The van der Waals surface area contributed by atoms with Crippen LogP contribution in [0.15, 0.2) is 54.7 Å². The molecule has 0 saturated heterocycles. The number of halogens is 3. The van der Waals surface area contributed by atoms with E-state index in [4.69, 9.17) is 0 Å². The smallest absolute Gasteiger partial charge is 0.340 e. The number of aryl methyl sites for hydroxylation is 2. The highest BCUT2D eigenvalue weighted by molar-refractivity contribution is 6.05. The van der Waals surface area contributed by atoms with Crippen molar-refractivity contribution in [1.29, 1.82) is 0 Å². The summed E-state index contributed by atoms with van der Waals surface area (Å²) in [6.45, 7) is 3.27. The minimum atomic E-state index is -4.55. The van der Waals surface area contributed by atoms with Gasteiger partial charge in [0.05, 0.1) is 11.3 Å². The monoisotopic (exact) mass is 386 g/mol. The first-order valence-corrected chi connectivity index (χ1v) is 8.39. The normalized spacial score (nSPS) is 11.2. The fourth-order valence-corrected chi connectivity index (χ4v) is 2.57. The molecule has 5 nitrogen and oxygen atoms in total. The summed E-state index contributed by atoms with van der Waals surface area (Å²) >= 11 is 0. The summed E-state index contributed by atoms with van der Waals surface area (Å²) < 4.78 is 38.2. The largest absolute Gasteiger partial charge is 0.433 e. The number of aromatic nitrogens is 2. The molecule has 2 heterocycles. The molecule has 2 aromatic heterocycles. The van der Waals surface area contributed by atoms with Crippen LogP contribution >= 0.6 is 0 Å². The van der Waals surface area contributed by atoms with Gasteiger partial charge in [-0.05, 0) is 55.8 Å². The number of carbonyl (C=O) groups excluding carboxylic acids is 1. The molecule has 1 aromatic carbocycles. The molecule has 0 spiro atoms. The Morgan fingerprint density at radius 2 is 1.82 bits per heavy atom. The Hall–Kier alpha value is -3.42. The summed E-state index contributed by atoms with van der Waals surface area (Å²) in [6.07, 6.45) is -2.90. The molecule has 0 bridgehead atoms. The van der Waals surface area contributed by atoms with Gasteiger partial charge in [-0.15, -0.1) is 0 Å². The highest BCUT2D eigenvalue weighted by Crippen LogP contribution is 2.28. The first-order chi connectivity index (χ1) is 13.2. The van der Waals surface area contributed by atoms with Crippen molar-refractivity contribution in [2.45, 2.75) is 20.0 Å². The van der Waals surface area contributed by atoms with E-state index >= 15 is 0 Å². The second kappa shape index (κ2) is 7.67. The standard InChI is InChI=1S/C20H17F3N4O/c1-12-6-7-14(11-16(12)27-18-5-3-4-10-24-18)26-19(28)15-8-9-17(20(21,22)23)25-13(15)2/h3-11H,1-2H3,(H,24,27)(H,26,28). The molecule has 0 saturated carbocycles. The van der Waals surface area contributed by atoms with E-state index in [-0.39, 0.29) is 11.3 Å². The number of pyridine rings is 2. The third kappa shape index (κ3) is 4.46. The lowest BCUT2D eigenvalue weighted by Gasteiger charge is -2.13. The molecule has 0 radical (unpaired) electrons. The molecule has 3 aromatic rings. The van der Waals surface area contributed by atoms with Crippen molar-refractivity contribution < 1.29 is 18.0 Å². The molecule has 0 aliphatic rings. The van der Waals surface area contributed by atoms with Gasteiger partial charge in [-0.3, -0.25) is 4.79 Å². The molecule has 0 aliphatic carbocycles. The second-order valence-corrected chi connectivity index (χ2v) is 6.15. The average Bonchev–Trinajstić information content (AvgIpc) is 2.64. The summed E-state index contributed by atoms with van der Waals surface area (Å²) in [5, 5.41) is 5.85. The maximum Gasteiger partial charge on any atom is 0.433 e. The Labute approximate surface area is 159 Å². The van der Waals surface area contributed by atoms with Crippen LogP contribution in [-0.4, -0.2) is 15.9 Å². The third-order valence-corrected chi connectivity index (χ3v) is 4.04. The van der Waals surface area contributed by atoms with Gasteiger partial charge in [0.1, 0.15) is 11.5 Å². The molecular weight excluding hydrogens is 369 g/mol. The first-order valence-electron chi connectivity index (χ1n) is 8.39. The fourth-order valence-electron chi connectivity index (χ4n) is 2.57. The summed E-state index contributed by atoms with van der Waals surface area (Å²) in [6, 6.07) is 12.6. The molecule has 0 fully saturated rings. The lowest BCUT2D eigenvalue weighted by Crippen LogP contribution is -2.16. The minimum Gasteiger partial charge on any atom is -0.340 e. The van der Waals surface area contributed by atoms with E-state index in [2.05, 4.69) is 20.6 Å². The van der Waals surface area contributed by atoms with Crippen LogP contribution in [0.5, 0.6) is 0 Å². The number of benzene rings is 1. The molecule has 3 rings (SSSR count). The van der Waals surface area contributed by atoms with E-state index in [0.717, 1.165) is 23.4 Å². The van der Waals surface area contributed by atoms with Gasteiger partial charge in [-0.1, -0.05) is 12.1 Å². The van der Waals surface area contributed by atoms with E-state index < -0.39 is 17.8 Å². The van der Waals surface area contributed by atoms with Crippen LogP contribution in [0.3, 0.4) is 0 Å². The molecule has 1 amide bonds. The Morgan fingerprint density at radius 1 is 1.04 bits per heavy atom. The number of amides is 1. The molecule has 28 heavy (non-hydrogen) atoms. The van der Waals surface area contributed by atoms with Gasteiger partial charge in [0.15, 0.2) is 0 Å². The van der Waals surface area contributed by atoms with Gasteiger partial charge < -0.3 is 10.6 Å². The van der Waals surface area contributed by atoms with Crippen LogP contribution in [-0.2, 0) is 6.18 Å². The number of hydrogen-bond acceptors (Lipinski definition) is 4. The van der Waals surface area contributed by atoms with E-state index in [1.165, 1.54) is 6.92 Å². The second-order valence-electron chi connectivity index (χ2n) is 6.15. The van der Waals surface area contributed by atoms with Crippen molar-refractivity contribution in [1.82, 2.24) is 9.97 Å². The van der Waals surface area contributed by atoms with E-state index in [0.29, 0.717) is 11.5 Å². The quantitative estimate of drug-likeness (QED) is 0.654. The topological polar surface area (TPSA) is 66.9 Å². The van der Waals surface area contributed by atoms with E-state index in [1.54, 1.807) is 24.4 Å². The van der Waals surface area contributed by atoms with Crippen LogP contribution in [0.1, 0.15) is 27.3 Å². The van der Waals surface area contributed by atoms with Crippen LogP contribution < -0.4 is 10.6 Å². The number of nitrogens with one attached hydrogen (secondary N) is 2. The van der Waals surface area contributed by atoms with Crippen molar-refractivity contribution in [3.8, 4) is 0 Å². The minimum absolute atomic E-state index is 0.00581. The zero-order valence-electron chi connectivity index (χ0n) is 15.1. The van der Waals surface area contributed by atoms with Gasteiger partial charge >= 0.3 is 6.18 Å². The Morgan fingerprint density at radius 3 is 2.46 bits per heavy atom. The summed E-state index contributed by atoms with van der Waals surface area (Å²) in [5.74, 6) is 0.114. The van der Waals surface area contributed by atoms with Crippen LogP contribution in [0.4, 0.5) is 30.4 Å². The molecule has 2 N–H and O–H groups in total. The predicted molar refractivity (Wildman–Crippen MR) is 101 cm³/mol. The molecule has 8 heteroatoms. The number of hydrogen-bond donors (Lipinski definition) is 2. The average molecular weight is 386 g/mol. The molecule has 0 unspecified atom stereocenters. The van der Waals surface area contributed by atoms with Gasteiger partial charge in [-0.25, -0.2) is 9.97 Å². The highest BCUT2D eigenvalue weighted by atomic mass is 19.4. The van der Waals surface area contributed by atoms with Gasteiger partial charge in [-0.2, -0.15) is 13.2 Å². The van der Waals surface area contributed by atoms with Crippen molar-refractivity contribution in [2.24, 2.45) is 0 Å². The molecule has 0 aliphatic heterocycles. The molecule has 144 valence electrons. The fraction of sp³-hybridized carbons (Fsp3) is 0.150. The number of rotatable bonds is 4. The van der Waals surface area contributed by atoms with Crippen molar-refractivity contribution in [2.75, 3.05) is 10.6 Å². The van der Waals surface area contributed by atoms with Crippen LogP contribution in [0.2, 0.25) is 0 Å². The first kappa shape index (κ1) is 19.3. The summed E-state index contributed by atoms with van der Waals surface area (Å²) in [7, 11) is 0. The number of nitrogens with zero attached hydrogens (tertiary/aromatic N) is 2. The molecular formula is C20H17F3N4O. The maximum absolute atomic E-state index is 12.7. The number of carbonyl (C=O) groups is 1. The number of alkyl halides is 3. The van der Waals surface area contributed by atoms with Gasteiger partial charge in [0.25, 0.3) is 5.91 Å².